The number of carbonyl (C=O) groups is 2. The van der Waals surface area contributed by atoms with Crippen molar-refractivity contribution < 1.29 is 24.3 Å². The number of amides is 1. The fourth-order valence-corrected chi connectivity index (χ4v) is 2.69. The number of aliphatic carboxylic acids is 1. The molecule has 2 heterocycles. The van der Waals surface area contributed by atoms with E-state index < -0.39 is 24.2 Å². The van der Waals surface area contributed by atoms with Gasteiger partial charge in [-0.2, -0.15) is 0 Å². The molecule has 3 N–H and O–H groups in total. The first-order valence-corrected chi connectivity index (χ1v) is 8.92. The molecule has 0 atom stereocenters. The topological polar surface area (TPSA) is 126 Å². The van der Waals surface area contributed by atoms with E-state index in [1.165, 1.54) is 12.3 Å². The first-order chi connectivity index (χ1) is 13.6. The molecule has 0 aliphatic heterocycles. The zero-order valence-corrected chi connectivity index (χ0v) is 16.3. The average molecular weight is 395 g/mol. The lowest BCUT2D eigenvalue weighted by atomic mass is 9.86. The van der Waals surface area contributed by atoms with Crippen molar-refractivity contribution in [3.8, 4) is 28.3 Å². The molecule has 150 valence electrons. The highest BCUT2D eigenvalue weighted by atomic mass is 16.5. The first-order valence-electron chi connectivity index (χ1n) is 8.92. The number of hydrogen-bond acceptors (Lipinski definition) is 6. The molecule has 3 rings (SSSR count). The zero-order valence-electron chi connectivity index (χ0n) is 16.3. The summed E-state index contributed by atoms with van der Waals surface area (Å²) in [6.07, 6.45) is 1.35. The standard InChI is InChI=1S/C21H21N3O5/c1-21(2,3)14-6-4-5-12(7-14)15-9-17(29-24-15)13-8-16(25)19(22-10-13)20(28)23-11-18(26)27/h4-10,25H,11H2,1-3H3,(H,23,28)(H,26,27). The zero-order chi connectivity index (χ0) is 21.2. The largest absolute Gasteiger partial charge is 0.505 e. The van der Waals surface area contributed by atoms with Crippen LogP contribution >= 0.6 is 0 Å². The van der Waals surface area contributed by atoms with Crippen LogP contribution in [0.3, 0.4) is 0 Å². The Morgan fingerprint density at radius 3 is 2.55 bits per heavy atom. The predicted octanol–water partition coefficient (Wildman–Crippen LogP) is 3.22. The third kappa shape index (κ3) is 4.60. The Morgan fingerprint density at radius 1 is 1.14 bits per heavy atom. The van der Waals surface area contributed by atoms with Gasteiger partial charge in [-0.1, -0.05) is 44.1 Å². The van der Waals surface area contributed by atoms with E-state index in [1.54, 1.807) is 6.07 Å². The number of carboxylic acid groups (broad SMARTS) is 1. The number of nitrogens with one attached hydrogen (secondary N) is 1. The molecule has 0 aliphatic rings. The van der Waals surface area contributed by atoms with Crippen molar-refractivity contribution in [1.29, 1.82) is 0 Å². The van der Waals surface area contributed by atoms with Gasteiger partial charge < -0.3 is 20.1 Å². The number of pyridine rings is 1. The van der Waals surface area contributed by atoms with Crippen LogP contribution in [0.1, 0.15) is 36.8 Å². The van der Waals surface area contributed by atoms with Gasteiger partial charge in [0.2, 0.25) is 0 Å². The van der Waals surface area contributed by atoms with Gasteiger partial charge in [0.15, 0.2) is 11.5 Å². The molecule has 1 aromatic carbocycles. The molecule has 0 bridgehead atoms. The molecule has 8 nitrogen and oxygen atoms in total. The van der Waals surface area contributed by atoms with Crippen LogP contribution in [0.15, 0.2) is 47.1 Å². The van der Waals surface area contributed by atoms with Crippen molar-refractivity contribution in [3.63, 3.8) is 0 Å². The molecule has 29 heavy (non-hydrogen) atoms. The van der Waals surface area contributed by atoms with Crippen molar-refractivity contribution in [3.05, 3.63) is 53.9 Å². The summed E-state index contributed by atoms with van der Waals surface area (Å²) in [6.45, 7) is 5.82. The molecular formula is C21H21N3O5. The summed E-state index contributed by atoms with van der Waals surface area (Å²) in [6, 6.07) is 11.0. The summed E-state index contributed by atoms with van der Waals surface area (Å²) in [7, 11) is 0. The SMILES string of the molecule is CC(C)(C)c1cccc(-c2cc(-c3cnc(C(=O)NCC(=O)O)c(O)c3)on2)c1. The molecule has 2 aromatic heterocycles. The Bertz CT molecular complexity index is 1070. The second-order valence-corrected chi connectivity index (χ2v) is 7.58. The monoisotopic (exact) mass is 395 g/mol. The van der Waals surface area contributed by atoms with Gasteiger partial charge in [-0.25, -0.2) is 4.98 Å². The summed E-state index contributed by atoms with van der Waals surface area (Å²) in [5.74, 6) is -1.99. The lowest BCUT2D eigenvalue weighted by Gasteiger charge is -2.19. The van der Waals surface area contributed by atoms with E-state index in [0.29, 0.717) is 17.0 Å². The van der Waals surface area contributed by atoms with Crippen LogP contribution in [0.5, 0.6) is 5.75 Å². The molecular weight excluding hydrogens is 374 g/mol. The summed E-state index contributed by atoms with van der Waals surface area (Å²) in [5.41, 5.74) is 2.85. The van der Waals surface area contributed by atoms with Crippen LogP contribution in [-0.4, -0.2) is 38.8 Å². The van der Waals surface area contributed by atoms with E-state index in [9.17, 15) is 14.7 Å². The lowest BCUT2D eigenvalue weighted by Crippen LogP contribution is -2.29. The molecule has 0 unspecified atom stereocenters. The second-order valence-electron chi connectivity index (χ2n) is 7.58. The highest BCUT2D eigenvalue weighted by Crippen LogP contribution is 2.31. The molecule has 0 saturated carbocycles. The maximum atomic E-state index is 11.9. The smallest absolute Gasteiger partial charge is 0.322 e. The number of carboxylic acids is 1. The molecule has 0 saturated heterocycles. The first kappa shape index (κ1) is 20.1. The number of nitrogens with zero attached hydrogens (tertiary/aromatic N) is 2. The summed E-state index contributed by atoms with van der Waals surface area (Å²) < 4.78 is 5.39. The van der Waals surface area contributed by atoms with E-state index in [1.807, 2.05) is 18.2 Å². The van der Waals surface area contributed by atoms with Crippen molar-refractivity contribution >= 4 is 11.9 Å². The highest BCUT2D eigenvalue weighted by molar-refractivity contribution is 5.96. The number of carbonyl (C=O) groups excluding carboxylic acids is 1. The molecule has 0 fully saturated rings. The van der Waals surface area contributed by atoms with E-state index >= 15 is 0 Å². The molecule has 8 heteroatoms. The summed E-state index contributed by atoms with van der Waals surface area (Å²) >= 11 is 0. The van der Waals surface area contributed by atoms with Crippen LogP contribution in [0.25, 0.3) is 22.6 Å². The van der Waals surface area contributed by atoms with Crippen LogP contribution in [0.2, 0.25) is 0 Å². The Balaban J connectivity index is 1.85. The van der Waals surface area contributed by atoms with Gasteiger partial charge in [0.05, 0.1) is 0 Å². The molecule has 1 amide bonds. The number of aromatic hydroxyl groups is 1. The van der Waals surface area contributed by atoms with Crippen LogP contribution < -0.4 is 5.32 Å². The van der Waals surface area contributed by atoms with Crippen LogP contribution in [0, 0.1) is 0 Å². The fraction of sp³-hybridized carbons (Fsp3) is 0.238. The Labute approximate surface area is 167 Å². The molecule has 3 aromatic rings. The maximum absolute atomic E-state index is 11.9. The Morgan fingerprint density at radius 2 is 1.90 bits per heavy atom. The van der Waals surface area contributed by atoms with Gasteiger partial charge in [-0.15, -0.1) is 0 Å². The van der Waals surface area contributed by atoms with Crippen molar-refractivity contribution in [2.24, 2.45) is 0 Å². The number of rotatable bonds is 5. The third-order valence-electron chi connectivity index (χ3n) is 4.30. The lowest BCUT2D eigenvalue weighted by molar-refractivity contribution is -0.135. The number of benzene rings is 1. The van der Waals surface area contributed by atoms with Gasteiger partial charge in [-0.3, -0.25) is 9.59 Å². The quantitative estimate of drug-likeness (QED) is 0.605. The van der Waals surface area contributed by atoms with Gasteiger partial charge in [0, 0.05) is 23.4 Å². The van der Waals surface area contributed by atoms with E-state index in [0.717, 1.165) is 11.1 Å². The minimum absolute atomic E-state index is 0.00463. The van der Waals surface area contributed by atoms with E-state index in [2.05, 4.69) is 42.3 Å². The fourth-order valence-electron chi connectivity index (χ4n) is 2.69. The Kier molecular flexibility index (Phi) is 5.36. The Hall–Kier alpha value is -3.68. The maximum Gasteiger partial charge on any atom is 0.322 e. The highest BCUT2D eigenvalue weighted by Gasteiger charge is 2.18. The van der Waals surface area contributed by atoms with Gasteiger partial charge >= 0.3 is 5.97 Å². The summed E-state index contributed by atoms with van der Waals surface area (Å²) in [5, 5.41) is 25.0. The second kappa shape index (κ2) is 7.75. The average Bonchev–Trinajstić information content (AvgIpc) is 3.15. The van der Waals surface area contributed by atoms with Crippen LogP contribution in [-0.2, 0) is 10.2 Å². The van der Waals surface area contributed by atoms with Gasteiger partial charge in [0.25, 0.3) is 5.91 Å². The van der Waals surface area contributed by atoms with Gasteiger partial charge in [0.1, 0.15) is 18.0 Å². The van der Waals surface area contributed by atoms with Crippen LogP contribution in [0.4, 0.5) is 0 Å². The minimum atomic E-state index is -1.20. The molecule has 0 radical (unpaired) electrons. The third-order valence-corrected chi connectivity index (χ3v) is 4.30. The van der Waals surface area contributed by atoms with Crippen molar-refractivity contribution in [1.82, 2.24) is 15.5 Å². The normalized spacial score (nSPS) is 11.3. The molecule has 0 aliphatic carbocycles. The number of aromatic nitrogens is 2. The predicted molar refractivity (Wildman–Crippen MR) is 106 cm³/mol. The number of hydrogen-bond donors (Lipinski definition) is 3. The minimum Gasteiger partial charge on any atom is -0.505 e. The van der Waals surface area contributed by atoms with Crippen molar-refractivity contribution in [2.45, 2.75) is 26.2 Å². The molecule has 0 spiro atoms. The van der Waals surface area contributed by atoms with E-state index in [-0.39, 0.29) is 11.1 Å². The van der Waals surface area contributed by atoms with Gasteiger partial charge in [-0.05, 0) is 23.1 Å². The summed E-state index contributed by atoms with van der Waals surface area (Å²) in [4.78, 5) is 26.3. The van der Waals surface area contributed by atoms with Crippen molar-refractivity contribution in [2.75, 3.05) is 6.54 Å². The van der Waals surface area contributed by atoms with E-state index in [4.69, 9.17) is 9.63 Å².